The summed E-state index contributed by atoms with van der Waals surface area (Å²) in [5.41, 5.74) is 0.769. The third-order valence-corrected chi connectivity index (χ3v) is 4.31. The molecule has 0 amide bonds. The van der Waals surface area contributed by atoms with Gasteiger partial charge in [0.05, 0.1) is 4.92 Å². The lowest BCUT2D eigenvalue weighted by Gasteiger charge is -2.35. The van der Waals surface area contributed by atoms with Gasteiger partial charge < -0.3 is 5.32 Å². The van der Waals surface area contributed by atoms with Gasteiger partial charge in [-0.3, -0.25) is 10.1 Å². The van der Waals surface area contributed by atoms with Crippen LogP contribution in [0.2, 0.25) is 0 Å². The lowest BCUT2D eigenvalue weighted by Crippen LogP contribution is -2.35. The maximum absolute atomic E-state index is 11.2. The van der Waals surface area contributed by atoms with Crippen LogP contribution >= 0.6 is 0 Å². The maximum atomic E-state index is 11.2. The highest BCUT2D eigenvalue weighted by Gasteiger charge is 2.30. The number of nitrogens with one attached hydrogen (secondary N) is 1. The van der Waals surface area contributed by atoms with Crippen molar-refractivity contribution in [3.8, 4) is 0 Å². The molecule has 1 saturated carbocycles. The van der Waals surface area contributed by atoms with E-state index in [-0.39, 0.29) is 16.7 Å². The fourth-order valence-corrected chi connectivity index (χ4v) is 3.20. The minimum absolute atomic E-state index is 0.112. The molecule has 0 saturated heterocycles. The Hall–Kier alpha value is -1.65. The molecule has 0 aromatic carbocycles. The summed E-state index contributed by atoms with van der Waals surface area (Å²) in [6.07, 6.45) is 6.33. The van der Waals surface area contributed by atoms with Crippen LogP contribution in [0.25, 0.3) is 0 Å². The molecule has 0 aliphatic heterocycles. The molecule has 0 radical (unpaired) electrons. The highest BCUT2D eigenvalue weighted by Crippen LogP contribution is 2.34. The third-order valence-electron chi connectivity index (χ3n) is 4.31. The Kier molecular flexibility index (Phi) is 4.57. The zero-order valence-corrected chi connectivity index (χ0v) is 12.4. The molecule has 1 N–H and O–H groups in total. The van der Waals surface area contributed by atoms with Crippen LogP contribution in [-0.4, -0.2) is 15.9 Å². The molecule has 2 unspecified atom stereocenters. The number of hydrogen-bond donors (Lipinski definition) is 1. The molecular weight excluding hydrogens is 254 g/mol. The van der Waals surface area contributed by atoms with Crippen molar-refractivity contribution in [3.63, 3.8) is 0 Å². The Morgan fingerprint density at radius 3 is 2.75 bits per heavy atom. The average molecular weight is 277 g/mol. The first-order valence-corrected chi connectivity index (χ1v) is 7.37. The molecule has 0 bridgehead atoms. The van der Waals surface area contributed by atoms with E-state index in [0.29, 0.717) is 23.2 Å². The average Bonchev–Trinajstić information content (AvgIpc) is 2.38. The van der Waals surface area contributed by atoms with E-state index in [0.717, 1.165) is 6.42 Å². The molecule has 1 aliphatic carbocycles. The van der Waals surface area contributed by atoms with Crippen LogP contribution in [0.5, 0.6) is 0 Å². The molecular formula is C15H23N3O2. The molecule has 20 heavy (non-hydrogen) atoms. The second-order valence-corrected chi connectivity index (χ2v) is 6.03. The van der Waals surface area contributed by atoms with E-state index in [4.69, 9.17) is 0 Å². The molecule has 1 fully saturated rings. The number of aromatic nitrogens is 1. The topological polar surface area (TPSA) is 68.1 Å². The number of nitrogens with zero attached hydrogens (tertiary/aromatic N) is 2. The number of rotatable bonds is 4. The van der Waals surface area contributed by atoms with E-state index >= 15 is 0 Å². The second-order valence-electron chi connectivity index (χ2n) is 6.03. The van der Waals surface area contributed by atoms with Gasteiger partial charge in [0.25, 0.3) is 0 Å². The van der Waals surface area contributed by atoms with Crippen LogP contribution in [0.15, 0.2) is 12.3 Å². The predicted octanol–water partition coefficient (Wildman–Crippen LogP) is 3.92. The van der Waals surface area contributed by atoms with Gasteiger partial charge in [-0.05, 0) is 37.7 Å². The van der Waals surface area contributed by atoms with Crippen LogP contribution in [0.3, 0.4) is 0 Å². The lowest BCUT2D eigenvalue weighted by molar-refractivity contribution is -0.384. The van der Waals surface area contributed by atoms with Gasteiger partial charge in [0.15, 0.2) is 0 Å². The van der Waals surface area contributed by atoms with Crippen molar-refractivity contribution >= 4 is 11.5 Å². The van der Waals surface area contributed by atoms with Crippen molar-refractivity contribution in [2.24, 2.45) is 11.8 Å². The summed E-state index contributed by atoms with van der Waals surface area (Å²) in [7, 11) is 0. The van der Waals surface area contributed by atoms with E-state index in [1.165, 1.54) is 19.3 Å². The summed E-state index contributed by atoms with van der Waals surface area (Å²) in [4.78, 5) is 15.1. The summed E-state index contributed by atoms with van der Waals surface area (Å²) in [5, 5.41) is 14.6. The van der Waals surface area contributed by atoms with Gasteiger partial charge in [-0.2, -0.15) is 0 Å². The van der Waals surface area contributed by atoms with Crippen LogP contribution < -0.4 is 5.32 Å². The van der Waals surface area contributed by atoms with Gasteiger partial charge in [0, 0.05) is 17.8 Å². The molecule has 1 aromatic heterocycles. The Morgan fingerprint density at radius 2 is 2.10 bits per heavy atom. The minimum Gasteiger partial charge on any atom is -0.361 e. The first-order chi connectivity index (χ1) is 9.50. The van der Waals surface area contributed by atoms with Crippen molar-refractivity contribution < 1.29 is 4.92 Å². The first-order valence-electron chi connectivity index (χ1n) is 7.37. The van der Waals surface area contributed by atoms with Gasteiger partial charge in [-0.25, -0.2) is 4.98 Å². The van der Waals surface area contributed by atoms with Gasteiger partial charge in [0.1, 0.15) is 0 Å². The summed E-state index contributed by atoms with van der Waals surface area (Å²) >= 11 is 0. The van der Waals surface area contributed by atoms with Gasteiger partial charge in [-0.15, -0.1) is 0 Å². The fraction of sp³-hybridized carbons (Fsp3) is 0.667. The number of aryl methyl sites for hydroxylation is 1. The summed E-state index contributed by atoms with van der Waals surface area (Å²) < 4.78 is 0. The Morgan fingerprint density at radius 1 is 1.40 bits per heavy atom. The van der Waals surface area contributed by atoms with Crippen LogP contribution in [0, 0.1) is 28.9 Å². The Balaban J connectivity index is 2.24. The lowest BCUT2D eigenvalue weighted by atomic mass is 9.78. The molecule has 1 heterocycles. The second kappa shape index (κ2) is 6.20. The molecule has 1 aliphatic rings. The predicted molar refractivity (Wildman–Crippen MR) is 79.8 cm³/mol. The molecule has 1 aromatic rings. The smallest absolute Gasteiger partial charge is 0.314 e. The van der Waals surface area contributed by atoms with E-state index in [9.17, 15) is 10.1 Å². The zero-order chi connectivity index (χ0) is 14.7. The normalized spacial score (nSPS) is 22.8. The molecule has 5 heteroatoms. The standard InChI is InChI=1S/C15H23N3O2/c1-10(2)12-6-4-5-7-13(12)17-15-14(18(19)20)11(3)8-9-16-15/h8-10,12-13H,4-7H2,1-3H3,(H,16,17). The van der Waals surface area contributed by atoms with Gasteiger partial charge in [0.2, 0.25) is 5.82 Å². The van der Waals surface area contributed by atoms with E-state index in [2.05, 4.69) is 24.1 Å². The molecule has 5 nitrogen and oxygen atoms in total. The number of anilines is 1. The molecule has 2 rings (SSSR count). The maximum Gasteiger partial charge on any atom is 0.314 e. The Bertz CT molecular complexity index is 488. The third kappa shape index (κ3) is 3.08. The van der Waals surface area contributed by atoms with Crippen LogP contribution in [0.4, 0.5) is 11.5 Å². The number of hydrogen-bond acceptors (Lipinski definition) is 4. The molecule has 2 atom stereocenters. The molecule has 110 valence electrons. The SMILES string of the molecule is Cc1ccnc(NC2CCCCC2C(C)C)c1[N+](=O)[O-]. The van der Waals surface area contributed by atoms with Gasteiger partial charge in [-0.1, -0.05) is 26.7 Å². The van der Waals surface area contributed by atoms with Crippen molar-refractivity contribution in [1.29, 1.82) is 0 Å². The molecule has 0 spiro atoms. The van der Waals surface area contributed by atoms with Crippen molar-refractivity contribution in [2.75, 3.05) is 5.32 Å². The van der Waals surface area contributed by atoms with Crippen LogP contribution in [-0.2, 0) is 0 Å². The zero-order valence-electron chi connectivity index (χ0n) is 12.4. The van der Waals surface area contributed by atoms with Crippen molar-refractivity contribution in [1.82, 2.24) is 4.98 Å². The summed E-state index contributed by atoms with van der Waals surface area (Å²) in [6.45, 7) is 6.21. The van der Waals surface area contributed by atoms with E-state index in [1.807, 2.05) is 0 Å². The van der Waals surface area contributed by atoms with Crippen molar-refractivity contribution in [2.45, 2.75) is 52.5 Å². The Labute approximate surface area is 119 Å². The van der Waals surface area contributed by atoms with Crippen LogP contribution in [0.1, 0.15) is 45.1 Å². The highest BCUT2D eigenvalue weighted by molar-refractivity contribution is 5.60. The minimum atomic E-state index is -0.335. The summed E-state index contributed by atoms with van der Waals surface area (Å²) in [6, 6.07) is 1.97. The van der Waals surface area contributed by atoms with Crippen molar-refractivity contribution in [3.05, 3.63) is 27.9 Å². The number of pyridine rings is 1. The quantitative estimate of drug-likeness (QED) is 0.669. The monoisotopic (exact) mass is 277 g/mol. The first kappa shape index (κ1) is 14.8. The van der Waals surface area contributed by atoms with Gasteiger partial charge >= 0.3 is 5.69 Å². The van der Waals surface area contributed by atoms with E-state index in [1.54, 1.807) is 19.2 Å². The number of nitro groups is 1. The highest BCUT2D eigenvalue weighted by atomic mass is 16.6. The largest absolute Gasteiger partial charge is 0.361 e. The summed E-state index contributed by atoms with van der Waals surface area (Å²) in [5.74, 6) is 1.56. The van der Waals surface area contributed by atoms with E-state index < -0.39 is 0 Å². The fourth-order valence-electron chi connectivity index (χ4n) is 3.20.